The Kier molecular flexibility index (Phi) is 4.65. The van der Waals surface area contributed by atoms with Crippen molar-refractivity contribution in [1.82, 2.24) is 9.29 Å². The molecule has 5 nitrogen and oxygen atoms in total. The maximum Gasteiger partial charge on any atom is 0.262 e. The quantitative estimate of drug-likeness (QED) is 0.906. The molecule has 0 amide bonds. The molecule has 1 fully saturated rings. The fourth-order valence-corrected chi connectivity index (χ4v) is 4.54. The van der Waals surface area contributed by atoms with Gasteiger partial charge in [0.15, 0.2) is 5.03 Å². The zero-order valence-corrected chi connectivity index (χ0v) is 13.2. The molecule has 1 aliphatic heterocycles. The highest BCUT2D eigenvalue weighted by atomic mass is 32.2. The van der Waals surface area contributed by atoms with Crippen LogP contribution in [0.1, 0.15) is 33.6 Å². The summed E-state index contributed by atoms with van der Waals surface area (Å²) in [6, 6.07) is 3.57. The van der Waals surface area contributed by atoms with Crippen molar-refractivity contribution in [3.05, 3.63) is 18.3 Å². The molecule has 2 atom stereocenters. The van der Waals surface area contributed by atoms with E-state index in [0.29, 0.717) is 18.2 Å². The second-order valence-electron chi connectivity index (χ2n) is 5.55. The summed E-state index contributed by atoms with van der Waals surface area (Å²) in [7, 11) is -3.52. The average molecular weight is 297 g/mol. The number of rotatable bonds is 5. The smallest absolute Gasteiger partial charge is 0.262 e. The highest BCUT2D eigenvalue weighted by Crippen LogP contribution is 2.30. The van der Waals surface area contributed by atoms with E-state index in [2.05, 4.69) is 17.2 Å². The fraction of sp³-hybridized carbons (Fsp3) is 0.643. The molecular formula is C14H23N3O2S. The first-order chi connectivity index (χ1) is 9.46. The van der Waals surface area contributed by atoms with E-state index < -0.39 is 10.0 Å². The average Bonchev–Trinajstić information content (AvgIpc) is 2.76. The number of nitrogens with zero attached hydrogens (tertiary/aromatic N) is 2. The van der Waals surface area contributed by atoms with Crippen LogP contribution in [0.25, 0.3) is 0 Å². The molecule has 1 aromatic heterocycles. The van der Waals surface area contributed by atoms with Gasteiger partial charge in [-0.15, -0.1) is 0 Å². The Labute approximate surface area is 121 Å². The number of pyridine rings is 1. The van der Waals surface area contributed by atoms with Gasteiger partial charge in [-0.1, -0.05) is 13.8 Å². The summed E-state index contributed by atoms with van der Waals surface area (Å²) in [5, 5.41) is 3.30. The lowest BCUT2D eigenvalue weighted by atomic mass is 10.1. The summed E-state index contributed by atoms with van der Waals surface area (Å²) in [6.07, 6.45) is 3.38. The van der Waals surface area contributed by atoms with Crippen LogP contribution >= 0.6 is 0 Å². The van der Waals surface area contributed by atoms with Crippen LogP contribution in [-0.2, 0) is 10.0 Å². The van der Waals surface area contributed by atoms with Gasteiger partial charge in [0, 0.05) is 25.3 Å². The summed E-state index contributed by atoms with van der Waals surface area (Å²) in [4.78, 5) is 4.12. The van der Waals surface area contributed by atoms with Crippen molar-refractivity contribution in [3.8, 4) is 0 Å². The van der Waals surface area contributed by atoms with Crippen molar-refractivity contribution < 1.29 is 8.42 Å². The van der Waals surface area contributed by atoms with Gasteiger partial charge in [-0.3, -0.25) is 0 Å². The van der Waals surface area contributed by atoms with Gasteiger partial charge in [0.05, 0.1) is 5.69 Å². The molecular weight excluding hydrogens is 274 g/mol. The molecule has 2 rings (SSSR count). The number of nitrogens with one attached hydrogen (secondary N) is 1. The van der Waals surface area contributed by atoms with E-state index in [9.17, 15) is 8.42 Å². The number of hydrogen-bond acceptors (Lipinski definition) is 4. The third kappa shape index (κ3) is 2.96. The SMILES string of the molecule is CCCNc1cccnc1S(=O)(=O)N1CC(C)CC1C. The van der Waals surface area contributed by atoms with Crippen molar-refractivity contribution >= 4 is 15.7 Å². The Balaban J connectivity index is 2.34. The fourth-order valence-electron chi connectivity index (χ4n) is 2.70. The lowest BCUT2D eigenvalue weighted by molar-refractivity contribution is 0.404. The van der Waals surface area contributed by atoms with E-state index in [0.717, 1.165) is 19.4 Å². The normalized spacial score (nSPS) is 23.9. The lowest BCUT2D eigenvalue weighted by Gasteiger charge is -2.22. The summed E-state index contributed by atoms with van der Waals surface area (Å²) in [5.41, 5.74) is 0.598. The maximum absolute atomic E-state index is 12.8. The van der Waals surface area contributed by atoms with Crippen molar-refractivity contribution in [2.45, 2.75) is 44.7 Å². The number of anilines is 1. The van der Waals surface area contributed by atoms with Crippen LogP contribution in [0.5, 0.6) is 0 Å². The lowest BCUT2D eigenvalue weighted by Crippen LogP contribution is -2.35. The minimum Gasteiger partial charge on any atom is -0.383 e. The summed E-state index contributed by atoms with van der Waals surface area (Å²) in [6.45, 7) is 7.40. The second kappa shape index (κ2) is 6.10. The molecule has 2 heterocycles. The van der Waals surface area contributed by atoms with Gasteiger partial charge in [-0.25, -0.2) is 13.4 Å². The van der Waals surface area contributed by atoms with Gasteiger partial charge in [0.2, 0.25) is 0 Å². The van der Waals surface area contributed by atoms with Gasteiger partial charge >= 0.3 is 0 Å². The zero-order chi connectivity index (χ0) is 14.8. The molecule has 112 valence electrons. The van der Waals surface area contributed by atoms with Gasteiger partial charge < -0.3 is 5.32 Å². The Morgan fingerprint density at radius 2 is 2.20 bits per heavy atom. The van der Waals surface area contributed by atoms with E-state index in [1.807, 2.05) is 13.8 Å². The number of hydrogen-bond donors (Lipinski definition) is 1. The van der Waals surface area contributed by atoms with Gasteiger partial charge in [-0.05, 0) is 37.8 Å². The second-order valence-corrected chi connectivity index (χ2v) is 7.35. The molecule has 1 aliphatic rings. The van der Waals surface area contributed by atoms with Crippen molar-refractivity contribution in [2.75, 3.05) is 18.4 Å². The van der Waals surface area contributed by atoms with Crippen molar-refractivity contribution in [3.63, 3.8) is 0 Å². The standard InChI is InChI=1S/C14H23N3O2S/c1-4-7-15-13-6-5-8-16-14(13)20(18,19)17-10-11(2)9-12(17)3/h5-6,8,11-12,15H,4,7,9-10H2,1-3H3. The van der Waals surface area contributed by atoms with Crippen LogP contribution in [-0.4, -0.2) is 36.8 Å². The highest BCUT2D eigenvalue weighted by molar-refractivity contribution is 7.89. The van der Waals surface area contributed by atoms with Crippen LogP contribution in [0, 0.1) is 5.92 Å². The number of sulfonamides is 1. The molecule has 20 heavy (non-hydrogen) atoms. The Hall–Kier alpha value is -1.14. The minimum atomic E-state index is -3.52. The van der Waals surface area contributed by atoms with Crippen molar-refractivity contribution in [1.29, 1.82) is 0 Å². The van der Waals surface area contributed by atoms with Crippen LogP contribution in [0.4, 0.5) is 5.69 Å². The van der Waals surface area contributed by atoms with E-state index in [1.54, 1.807) is 16.4 Å². The maximum atomic E-state index is 12.8. The Morgan fingerprint density at radius 3 is 2.80 bits per heavy atom. The largest absolute Gasteiger partial charge is 0.383 e. The Bertz CT molecular complexity index is 559. The monoisotopic (exact) mass is 297 g/mol. The summed E-state index contributed by atoms with van der Waals surface area (Å²) >= 11 is 0. The summed E-state index contributed by atoms with van der Waals surface area (Å²) < 4.78 is 27.2. The molecule has 1 saturated heterocycles. The molecule has 0 bridgehead atoms. The predicted octanol–water partition coefficient (Wildman–Crippen LogP) is 2.32. The van der Waals surface area contributed by atoms with E-state index in [4.69, 9.17) is 0 Å². The molecule has 0 spiro atoms. The van der Waals surface area contributed by atoms with E-state index in [-0.39, 0.29) is 11.1 Å². The molecule has 0 aromatic carbocycles. The molecule has 0 radical (unpaired) electrons. The Morgan fingerprint density at radius 1 is 1.45 bits per heavy atom. The van der Waals surface area contributed by atoms with Gasteiger partial charge in [0.1, 0.15) is 0 Å². The zero-order valence-electron chi connectivity index (χ0n) is 12.3. The third-order valence-corrected chi connectivity index (χ3v) is 5.56. The van der Waals surface area contributed by atoms with E-state index >= 15 is 0 Å². The summed E-state index contributed by atoms with van der Waals surface area (Å²) in [5.74, 6) is 0.399. The topological polar surface area (TPSA) is 62.3 Å². The number of aromatic nitrogens is 1. The molecule has 1 aromatic rings. The minimum absolute atomic E-state index is 0.0380. The predicted molar refractivity (Wildman–Crippen MR) is 80.2 cm³/mol. The van der Waals surface area contributed by atoms with Crippen LogP contribution in [0.3, 0.4) is 0 Å². The highest BCUT2D eigenvalue weighted by Gasteiger charge is 2.37. The molecule has 0 aliphatic carbocycles. The first-order valence-electron chi connectivity index (χ1n) is 7.17. The molecule has 0 saturated carbocycles. The van der Waals surface area contributed by atoms with Crippen LogP contribution < -0.4 is 5.32 Å². The van der Waals surface area contributed by atoms with Crippen LogP contribution in [0.2, 0.25) is 0 Å². The third-order valence-electron chi connectivity index (χ3n) is 3.62. The molecule has 1 N–H and O–H groups in total. The first-order valence-corrected chi connectivity index (χ1v) is 8.61. The van der Waals surface area contributed by atoms with Gasteiger partial charge in [-0.2, -0.15) is 4.31 Å². The van der Waals surface area contributed by atoms with Gasteiger partial charge in [0.25, 0.3) is 10.0 Å². The first kappa shape index (κ1) is 15.3. The van der Waals surface area contributed by atoms with Crippen LogP contribution in [0.15, 0.2) is 23.4 Å². The molecule has 2 unspecified atom stereocenters. The van der Waals surface area contributed by atoms with E-state index in [1.165, 1.54) is 6.20 Å². The van der Waals surface area contributed by atoms with Crippen molar-refractivity contribution in [2.24, 2.45) is 5.92 Å². The molecule has 6 heteroatoms.